The predicted octanol–water partition coefficient (Wildman–Crippen LogP) is 3.31. The van der Waals surface area contributed by atoms with E-state index in [0.29, 0.717) is 4.90 Å². The van der Waals surface area contributed by atoms with Gasteiger partial charge in [-0.3, -0.25) is 0 Å². The molecule has 5 heteroatoms. The van der Waals surface area contributed by atoms with Crippen molar-refractivity contribution in [3.63, 3.8) is 0 Å². The summed E-state index contributed by atoms with van der Waals surface area (Å²) in [6, 6.07) is 6.62. The molecule has 96 valence electrons. The van der Waals surface area contributed by atoms with Crippen LogP contribution in [0.3, 0.4) is 0 Å². The molecule has 1 aromatic rings. The first-order valence-electron chi connectivity index (χ1n) is 5.73. The summed E-state index contributed by atoms with van der Waals surface area (Å²) in [5.41, 5.74) is 0. The van der Waals surface area contributed by atoms with Crippen molar-refractivity contribution in [2.24, 2.45) is 0 Å². The van der Waals surface area contributed by atoms with E-state index in [1.165, 1.54) is 0 Å². The van der Waals surface area contributed by atoms with Crippen LogP contribution in [0.4, 0.5) is 0 Å². The molecule has 17 heavy (non-hydrogen) atoms. The van der Waals surface area contributed by atoms with Crippen LogP contribution in [-0.2, 0) is 10.0 Å². The van der Waals surface area contributed by atoms with Gasteiger partial charge in [0.1, 0.15) is 0 Å². The summed E-state index contributed by atoms with van der Waals surface area (Å²) in [5.74, 6) is 0. The number of rotatable bonds is 6. The molecule has 0 spiro atoms. The first-order chi connectivity index (χ1) is 7.95. The van der Waals surface area contributed by atoms with E-state index in [-0.39, 0.29) is 6.04 Å². The lowest BCUT2D eigenvalue weighted by Gasteiger charge is -2.13. The highest BCUT2D eigenvalue weighted by atomic mass is 79.9. The average molecular weight is 320 g/mol. The molecule has 0 bridgehead atoms. The number of hydrogen-bond donors (Lipinski definition) is 1. The van der Waals surface area contributed by atoms with E-state index in [1.54, 1.807) is 24.3 Å². The van der Waals surface area contributed by atoms with E-state index in [4.69, 9.17) is 0 Å². The van der Waals surface area contributed by atoms with Crippen molar-refractivity contribution >= 4 is 26.0 Å². The first-order valence-corrected chi connectivity index (χ1v) is 8.01. The van der Waals surface area contributed by atoms with Crippen LogP contribution >= 0.6 is 15.9 Å². The highest BCUT2D eigenvalue weighted by molar-refractivity contribution is 9.10. The zero-order valence-corrected chi connectivity index (χ0v) is 12.5. The van der Waals surface area contributed by atoms with E-state index < -0.39 is 10.0 Å². The lowest BCUT2D eigenvalue weighted by atomic mass is 10.2. The van der Waals surface area contributed by atoms with Gasteiger partial charge in [-0.2, -0.15) is 0 Å². The summed E-state index contributed by atoms with van der Waals surface area (Å²) in [4.78, 5) is 0.309. The quantitative estimate of drug-likeness (QED) is 0.874. The summed E-state index contributed by atoms with van der Waals surface area (Å²) < 4.78 is 27.5. The van der Waals surface area contributed by atoms with Crippen LogP contribution < -0.4 is 4.72 Å². The summed E-state index contributed by atoms with van der Waals surface area (Å²) in [5, 5.41) is 0. The molecule has 0 aliphatic heterocycles. The van der Waals surface area contributed by atoms with Crippen molar-refractivity contribution in [2.75, 3.05) is 0 Å². The van der Waals surface area contributed by atoms with Gasteiger partial charge in [-0.05, 0) is 37.6 Å². The third-order valence-corrected chi connectivity index (χ3v) is 4.61. The normalized spacial score (nSPS) is 13.6. The maximum absolute atomic E-state index is 12.0. The zero-order valence-electron chi connectivity index (χ0n) is 10.1. The lowest BCUT2D eigenvalue weighted by Crippen LogP contribution is -2.32. The van der Waals surface area contributed by atoms with Crippen LogP contribution in [0.25, 0.3) is 0 Å². The monoisotopic (exact) mass is 319 g/mol. The van der Waals surface area contributed by atoms with Gasteiger partial charge in [0.25, 0.3) is 0 Å². The largest absolute Gasteiger partial charge is 0.240 e. The molecular weight excluding hydrogens is 302 g/mol. The van der Waals surface area contributed by atoms with Crippen LogP contribution in [-0.4, -0.2) is 14.5 Å². The van der Waals surface area contributed by atoms with Gasteiger partial charge >= 0.3 is 0 Å². The molecule has 0 fully saturated rings. The van der Waals surface area contributed by atoms with Crippen LogP contribution in [0.1, 0.15) is 33.1 Å². The van der Waals surface area contributed by atoms with E-state index in [1.807, 2.05) is 6.92 Å². The molecule has 1 unspecified atom stereocenters. The number of nitrogens with one attached hydrogen (secondary N) is 1. The Balaban J connectivity index is 2.71. The second kappa shape index (κ2) is 6.52. The van der Waals surface area contributed by atoms with E-state index >= 15 is 0 Å². The molecule has 0 aliphatic carbocycles. The highest BCUT2D eigenvalue weighted by Crippen LogP contribution is 2.15. The SMILES string of the molecule is CCCCC(C)NS(=O)(=O)c1ccc(Br)cc1. The third kappa shape index (κ3) is 4.77. The van der Waals surface area contributed by atoms with Gasteiger partial charge < -0.3 is 0 Å². The summed E-state index contributed by atoms with van der Waals surface area (Å²) in [6.45, 7) is 3.99. The zero-order chi connectivity index (χ0) is 12.9. The summed E-state index contributed by atoms with van der Waals surface area (Å²) >= 11 is 3.28. The molecule has 0 heterocycles. The van der Waals surface area contributed by atoms with Crippen molar-refractivity contribution in [3.05, 3.63) is 28.7 Å². The molecule has 0 amide bonds. The fourth-order valence-electron chi connectivity index (χ4n) is 1.52. The van der Waals surface area contributed by atoms with Crippen molar-refractivity contribution < 1.29 is 8.42 Å². The maximum atomic E-state index is 12.0. The highest BCUT2D eigenvalue weighted by Gasteiger charge is 2.16. The second-order valence-corrected chi connectivity index (χ2v) is 6.75. The molecular formula is C12H18BrNO2S. The van der Waals surface area contributed by atoms with Crippen molar-refractivity contribution in [1.29, 1.82) is 0 Å². The molecule has 1 N–H and O–H groups in total. The van der Waals surface area contributed by atoms with Crippen molar-refractivity contribution in [1.82, 2.24) is 4.72 Å². The molecule has 0 saturated heterocycles. The Labute approximate surface area is 112 Å². The Morgan fingerprint density at radius 2 is 1.88 bits per heavy atom. The van der Waals surface area contributed by atoms with Gasteiger partial charge in [-0.25, -0.2) is 13.1 Å². The van der Waals surface area contributed by atoms with Crippen molar-refractivity contribution in [3.8, 4) is 0 Å². The topological polar surface area (TPSA) is 46.2 Å². The third-order valence-electron chi connectivity index (χ3n) is 2.47. The lowest BCUT2D eigenvalue weighted by molar-refractivity contribution is 0.534. The Bertz CT molecular complexity index is 442. The van der Waals surface area contributed by atoms with Gasteiger partial charge in [0, 0.05) is 10.5 Å². The van der Waals surface area contributed by atoms with Gasteiger partial charge in [0.15, 0.2) is 0 Å². The second-order valence-electron chi connectivity index (χ2n) is 4.12. The fourth-order valence-corrected chi connectivity index (χ4v) is 3.06. The Morgan fingerprint density at radius 3 is 2.41 bits per heavy atom. The van der Waals surface area contributed by atoms with Gasteiger partial charge in [0.2, 0.25) is 10.0 Å². The van der Waals surface area contributed by atoms with Crippen LogP contribution in [0.2, 0.25) is 0 Å². The number of benzene rings is 1. The molecule has 0 aliphatic rings. The Morgan fingerprint density at radius 1 is 1.29 bits per heavy atom. The molecule has 3 nitrogen and oxygen atoms in total. The molecule has 1 aromatic carbocycles. The van der Waals surface area contributed by atoms with E-state index in [9.17, 15) is 8.42 Å². The average Bonchev–Trinajstić information content (AvgIpc) is 2.26. The molecule has 0 aromatic heterocycles. The minimum Gasteiger partial charge on any atom is -0.208 e. The van der Waals surface area contributed by atoms with Crippen LogP contribution in [0.5, 0.6) is 0 Å². The molecule has 1 atom stereocenters. The van der Waals surface area contributed by atoms with Gasteiger partial charge in [0.05, 0.1) is 4.90 Å². The van der Waals surface area contributed by atoms with Gasteiger partial charge in [-0.15, -0.1) is 0 Å². The Hall–Kier alpha value is -0.390. The maximum Gasteiger partial charge on any atom is 0.240 e. The molecule has 1 rings (SSSR count). The first kappa shape index (κ1) is 14.7. The fraction of sp³-hybridized carbons (Fsp3) is 0.500. The van der Waals surface area contributed by atoms with Crippen LogP contribution in [0.15, 0.2) is 33.6 Å². The number of unbranched alkanes of at least 4 members (excludes halogenated alkanes) is 1. The van der Waals surface area contributed by atoms with E-state index in [2.05, 4.69) is 27.6 Å². The van der Waals surface area contributed by atoms with E-state index in [0.717, 1.165) is 23.7 Å². The standard InChI is InChI=1S/C12H18BrNO2S/c1-3-4-5-10(2)14-17(15,16)12-8-6-11(13)7-9-12/h6-10,14H,3-5H2,1-2H3. The smallest absolute Gasteiger partial charge is 0.208 e. The molecule has 0 saturated carbocycles. The predicted molar refractivity (Wildman–Crippen MR) is 73.5 cm³/mol. The van der Waals surface area contributed by atoms with Crippen LogP contribution in [0, 0.1) is 0 Å². The Kier molecular flexibility index (Phi) is 5.62. The number of halogens is 1. The van der Waals surface area contributed by atoms with Crippen molar-refractivity contribution in [2.45, 2.75) is 44.0 Å². The number of hydrogen-bond acceptors (Lipinski definition) is 2. The number of sulfonamides is 1. The minimum atomic E-state index is -3.38. The molecule has 0 radical (unpaired) electrons. The summed E-state index contributed by atoms with van der Waals surface area (Å²) in [6.07, 6.45) is 2.97. The minimum absolute atomic E-state index is 0.0244. The summed E-state index contributed by atoms with van der Waals surface area (Å²) in [7, 11) is -3.38. The van der Waals surface area contributed by atoms with Gasteiger partial charge in [-0.1, -0.05) is 35.7 Å².